The van der Waals surface area contributed by atoms with Gasteiger partial charge < -0.3 is 10.1 Å². The summed E-state index contributed by atoms with van der Waals surface area (Å²) in [6.45, 7) is 3.56. The molecule has 0 fully saturated rings. The van der Waals surface area contributed by atoms with Crippen molar-refractivity contribution in [2.45, 2.75) is 20.4 Å². The standard InChI is InChI=1S/C15H17N3O3/c1-10-14(9-19)11(2)18(17-10)8-15(20)16-12-5-4-6-13(7-12)21-3/h4-7,9H,8H2,1-3H3,(H,16,20). The lowest BCUT2D eigenvalue weighted by atomic mass is 10.2. The van der Waals surface area contributed by atoms with E-state index in [1.54, 1.807) is 45.2 Å². The van der Waals surface area contributed by atoms with Gasteiger partial charge in [-0.1, -0.05) is 6.07 Å². The second-order valence-electron chi connectivity index (χ2n) is 4.64. The second kappa shape index (κ2) is 6.21. The first-order valence-corrected chi connectivity index (χ1v) is 6.48. The number of hydrogen-bond acceptors (Lipinski definition) is 4. The Balaban J connectivity index is 2.09. The second-order valence-corrected chi connectivity index (χ2v) is 4.64. The van der Waals surface area contributed by atoms with Crippen LogP contribution in [0.1, 0.15) is 21.7 Å². The minimum Gasteiger partial charge on any atom is -0.497 e. The smallest absolute Gasteiger partial charge is 0.246 e. The van der Waals surface area contributed by atoms with Crippen LogP contribution >= 0.6 is 0 Å². The van der Waals surface area contributed by atoms with E-state index in [4.69, 9.17) is 4.74 Å². The molecular weight excluding hydrogens is 270 g/mol. The molecule has 0 aliphatic rings. The topological polar surface area (TPSA) is 73.2 Å². The fraction of sp³-hybridized carbons (Fsp3) is 0.267. The number of hydrogen-bond donors (Lipinski definition) is 1. The van der Waals surface area contributed by atoms with E-state index in [0.29, 0.717) is 28.4 Å². The van der Waals surface area contributed by atoms with Crippen molar-refractivity contribution in [3.8, 4) is 5.75 Å². The predicted octanol–water partition coefficient (Wildman–Crippen LogP) is 1.96. The number of aryl methyl sites for hydroxylation is 1. The molecule has 0 saturated carbocycles. The molecule has 0 aliphatic carbocycles. The number of nitrogens with zero attached hydrogens (tertiary/aromatic N) is 2. The summed E-state index contributed by atoms with van der Waals surface area (Å²) in [6.07, 6.45) is 0.758. The molecule has 2 rings (SSSR count). The maximum absolute atomic E-state index is 12.0. The molecule has 0 radical (unpaired) electrons. The molecule has 0 aliphatic heterocycles. The third-order valence-corrected chi connectivity index (χ3v) is 3.20. The van der Waals surface area contributed by atoms with Crippen LogP contribution in [-0.2, 0) is 11.3 Å². The molecule has 2 aromatic rings. The van der Waals surface area contributed by atoms with E-state index in [-0.39, 0.29) is 12.5 Å². The van der Waals surface area contributed by atoms with E-state index >= 15 is 0 Å². The molecule has 1 aromatic carbocycles. The fourth-order valence-electron chi connectivity index (χ4n) is 2.07. The van der Waals surface area contributed by atoms with Gasteiger partial charge in [-0.2, -0.15) is 5.10 Å². The van der Waals surface area contributed by atoms with Crippen LogP contribution in [0.5, 0.6) is 5.75 Å². The van der Waals surface area contributed by atoms with E-state index < -0.39 is 0 Å². The summed E-state index contributed by atoms with van der Waals surface area (Å²) in [5.74, 6) is 0.452. The van der Waals surface area contributed by atoms with E-state index in [1.165, 1.54) is 4.68 Å². The van der Waals surface area contributed by atoms with Gasteiger partial charge in [-0.25, -0.2) is 0 Å². The van der Waals surface area contributed by atoms with Gasteiger partial charge in [0.05, 0.1) is 18.4 Å². The average molecular weight is 287 g/mol. The Kier molecular flexibility index (Phi) is 4.37. The first-order chi connectivity index (χ1) is 10.0. The Hall–Kier alpha value is -2.63. The van der Waals surface area contributed by atoms with Crippen molar-refractivity contribution in [2.24, 2.45) is 0 Å². The van der Waals surface area contributed by atoms with Gasteiger partial charge in [-0.05, 0) is 26.0 Å². The van der Waals surface area contributed by atoms with Gasteiger partial charge in [-0.15, -0.1) is 0 Å². The highest BCUT2D eigenvalue weighted by Crippen LogP contribution is 2.17. The van der Waals surface area contributed by atoms with Crippen molar-refractivity contribution in [1.29, 1.82) is 0 Å². The van der Waals surface area contributed by atoms with Gasteiger partial charge in [-0.3, -0.25) is 14.3 Å². The van der Waals surface area contributed by atoms with Gasteiger partial charge >= 0.3 is 0 Å². The molecule has 1 amide bonds. The van der Waals surface area contributed by atoms with E-state index in [9.17, 15) is 9.59 Å². The monoisotopic (exact) mass is 287 g/mol. The molecule has 6 nitrogen and oxygen atoms in total. The Morgan fingerprint density at radius 1 is 1.43 bits per heavy atom. The van der Waals surface area contributed by atoms with Crippen LogP contribution in [-0.4, -0.2) is 29.1 Å². The van der Waals surface area contributed by atoms with Crippen LogP contribution < -0.4 is 10.1 Å². The molecule has 1 heterocycles. The maximum Gasteiger partial charge on any atom is 0.246 e. The summed E-state index contributed by atoms with van der Waals surface area (Å²) in [6, 6.07) is 7.10. The zero-order valence-corrected chi connectivity index (χ0v) is 12.2. The van der Waals surface area contributed by atoms with Crippen molar-refractivity contribution in [1.82, 2.24) is 9.78 Å². The van der Waals surface area contributed by atoms with Crippen LogP contribution in [0.2, 0.25) is 0 Å². The number of methoxy groups -OCH3 is 1. The van der Waals surface area contributed by atoms with Crippen LogP contribution in [0.3, 0.4) is 0 Å². The highest BCUT2D eigenvalue weighted by molar-refractivity contribution is 5.91. The van der Waals surface area contributed by atoms with Gasteiger partial charge in [0, 0.05) is 17.4 Å². The molecule has 21 heavy (non-hydrogen) atoms. The summed E-state index contributed by atoms with van der Waals surface area (Å²) < 4.78 is 6.62. The summed E-state index contributed by atoms with van der Waals surface area (Å²) in [7, 11) is 1.57. The quantitative estimate of drug-likeness (QED) is 0.853. The highest BCUT2D eigenvalue weighted by Gasteiger charge is 2.13. The number of benzene rings is 1. The molecule has 0 saturated heterocycles. The van der Waals surface area contributed by atoms with Crippen LogP contribution in [0.25, 0.3) is 0 Å². The first-order valence-electron chi connectivity index (χ1n) is 6.48. The molecule has 1 aromatic heterocycles. The number of carbonyl (C=O) groups excluding carboxylic acids is 2. The number of aromatic nitrogens is 2. The number of rotatable bonds is 5. The lowest BCUT2D eigenvalue weighted by Crippen LogP contribution is -2.20. The molecule has 0 spiro atoms. The Bertz CT molecular complexity index is 677. The van der Waals surface area contributed by atoms with Gasteiger partial charge in [0.25, 0.3) is 0 Å². The number of ether oxygens (including phenoxy) is 1. The number of aldehydes is 1. The number of carbonyl (C=O) groups is 2. The van der Waals surface area contributed by atoms with Crippen molar-refractivity contribution >= 4 is 17.9 Å². The third kappa shape index (κ3) is 3.28. The molecule has 1 N–H and O–H groups in total. The largest absolute Gasteiger partial charge is 0.497 e. The summed E-state index contributed by atoms with van der Waals surface area (Å²) in [4.78, 5) is 23.0. The minimum absolute atomic E-state index is 0.0533. The minimum atomic E-state index is -0.216. The summed E-state index contributed by atoms with van der Waals surface area (Å²) >= 11 is 0. The first kappa shape index (κ1) is 14.8. The zero-order chi connectivity index (χ0) is 15.4. The Labute approximate surface area is 122 Å². The molecule has 6 heteroatoms. The Morgan fingerprint density at radius 3 is 2.81 bits per heavy atom. The third-order valence-electron chi connectivity index (χ3n) is 3.20. The fourth-order valence-corrected chi connectivity index (χ4v) is 2.07. The normalized spacial score (nSPS) is 10.2. The maximum atomic E-state index is 12.0. The molecule has 0 unspecified atom stereocenters. The number of nitrogens with one attached hydrogen (secondary N) is 1. The molecule has 0 atom stereocenters. The summed E-state index contributed by atoms with van der Waals surface area (Å²) in [5.41, 5.74) is 2.49. The van der Waals surface area contributed by atoms with Crippen LogP contribution in [0.4, 0.5) is 5.69 Å². The van der Waals surface area contributed by atoms with Gasteiger partial charge in [0.15, 0.2) is 6.29 Å². The van der Waals surface area contributed by atoms with Gasteiger partial charge in [0.2, 0.25) is 5.91 Å². The number of anilines is 1. The van der Waals surface area contributed by atoms with Crippen molar-refractivity contribution < 1.29 is 14.3 Å². The Morgan fingerprint density at radius 2 is 2.19 bits per heavy atom. The predicted molar refractivity (Wildman–Crippen MR) is 78.7 cm³/mol. The van der Waals surface area contributed by atoms with E-state index in [1.807, 2.05) is 0 Å². The molecule has 0 bridgehead atoms. The van der Waals surface area contributed by atoms with Crippen molar-refractivity contribution in [3.63, 3.8) is 0 Å². The summed E-state index contributed by atoms with van der Waals surface area (Å²) in [5, 5.41) is 6.97. The average Bonchev–Trinajstić information content (AvgIpc) is 2.73. The number of amides is 1. The van der Waals surface area contributed by atoms with Crippen molar-refractivity contribution in [3.05, 3.63) is 41.2 Å². The van der Waals surface area contributed by atoms with Crippen LogP contribution in [0.15, 0.2) is 24.3 Å². The lowest BCUT2D eigenvalue weighted by molar-refractivity contribution is -0.116. The van der Waals surface area contributed by atoms with Gasteiger partial charge in [0.1, 0.15) is 12.3 Å². The SMILES string of the molecule is COc1cccc(NC(=O)Cn2nc(C)c(C=O)c2C)c1. The lowest BCUT2D eigenvalue weighted by Gasteiger charge is -2.08. The highest BCUT2D eigenvalue weighted by atomic mass is 16.5. The van der Waals surface area contributed by atoms with E-state index in [0.717, 1.165) is 6.29 Å². The van der Waals surface area contributed by atoms with Crippen molar-refractivity contribution in [2.75, 3.05) is 12.4 Å². The van der Waals surface area contributed by atoms with E-state index in [2.05, 4.69) is 10.4 Å². The molecular formula is C15H17N3O3. The zero-order valence-electron chi connectivity index (χ0n) is 12.2. The van der Waals surface area contributed by atoms with Crippen LogP contribution in [0, 0.1) is 13.8 Å². The molecule has 110 valence electrons.